The first-order chi connectivity index (χ1) is 5.88. The highest BCUT2D eigenvalue weighted by atomic mass is 35.9. The highest BCUT2D eigenvalue weighted by Gasteiger charge is 2.35. The van der Waals surface area contributed by atoms with Crippen molar-refractivity contribution in [2.45, 2.75) is 6.42 Å². The van der Waals surface area contributed by atoms with Crippen LogP contribution < -0.4 is 0 Å². The van der Waals surface area contributed by atoms with Gasteiger partial charge in [0, 0.05) is 0 Å². The summed E-state index contributed by atoms with van der Waals surface area (Å²) >= 11 is 10.1. The molecule has 0 spiro atoms. The molecule has 0 aromatic rings. The molecule has 1 aliphatic rings. The van der Waals surface area contributed by atoms with Gasteiger partial charge >= 0.3 is 18.0 Å². The standard InChI is InChI=1S/C5H5Cl2O5P/c6-13(7,10)11-2-3-1-4(8)12-5(3)9/h3H,1-2H2. The van der Waals surface area contributed by atoms with Crippen molar-refractivity contribution < 1.29 is 23.4 Å². The molecule has 0 amide bonds. The van der Waals surface area contributed by atoms with Crippen LogP contribution in [-0.4, -0.2) is 18.5 Å². The molecule has 0 saturated carbocycles. The van der Waals surface area contributed by atoms with E-state index in [4.69, 9.17) is 22.5 Å². The van der Waals surface area contributed by atoms with Gasteiger partial charge in [-0.2, -0.15) is 0 Å². The van der Waals surface area contributed by atoms with Gasteiger partial charge in [0.1, 0.15) is 0 Å². The van der Waals surface area contributed by atoms with Crippen molar-refractivity contribution in [3.8, 4) is 0 Å². The third kappa shape index (κ3) is 3.65. The van der Waals surface area contributed by atoms with E-state index in [1.807, 2.05) is 0 Å². The Hall–Kier alpha value is -0.0900. The Morgan fingerprint density at radius 1 is 1.54 bits per heavy atom. The third-order valence-corrected chi connectivity index (χ3v) is 2.42. The Morgan fingerprint density at radius 2 is 2.15 bits per heavy atom. The van der Waals surface area contributed by atoms with Crippen LogP contribution in [0, 0.1) is 5.92 Å². The molecule has 1 saturated heterocycles. The van der Waals surface area contributed by atoms with E-state index in [9.17, 15) is 14.2 Å². The molecule has 74 valence electrons. The zero-order chi connectivity index (χ0) is 10.1. The number of carbonyl (C=O) groups excluding carboxylic acids is 2. The SMILES string of the molecule is O=C1CC(COP(=O)(Cl)Cl)C(=O)O1. The average Bonchev–Trinajstić information content (AvgIpc) is 2.24. The van der Waals surface area contributed by atoms with E-state index in [1.165, 1.54) is 0 Å². The predicted molar refractivity (Wildman–Crippen MR) is 44.5 cm³/mol. The highest BCUT2D eigenvalue weighted by molar-refractivity contribution is 8.05. The lowest BCUT2D eigenvalue weighted by Crippen LogP contribution is -2.12. The molecule has 13 heavy (non-hydrogen) atoms. The Balaban J connectivity index is 2.43. The zero-order valence-corrected chi connectivity index (χ0v) is 8.64. The Morgan fingerprint density at radius 3 is 2.54 bits per heavy atom. The molecule has 1 fully saturated rings. The molecule has 0 aromatic heterocycles. The van der Waals surface area contributed by atoms with Crippen molar-refractivity contribution in [3.05, 3.63) is 0 Å². The van der Waals surface area contributed by atoms with Gasteiger partial charge in [0.25, 0.3) is 0 Å². The first-order valence-electron chi connectivity index (χ1n) is 3.27. The van der Waals surface area contributed by atoms with Crippen molar-refractivity contribution in [3.63, 3.8) is 0 Å². The largest absolute Gasteiger partial charge is 0.393 e. The normalized spacial score (nSPS) is 23.4. The highest BCUT2D eigenvalue weighted by Crippen LogP contribution is 2.57. The van der Waals surface area contributed by atoms with Gasteiger partial charge in [0.05, 0.1) is 18.9 Å². The number of halogens is 2. The van der Waals surface area contributed by atoms with Crippen molar-refractivity contribution in [2.75, 3.05) is 6.61 Å². The van der Waals surface area contributed by atoms with Crippen LogP contribution in [0.2, 0.25) is 0 Å². The summed E-state index contributed by atoms with van der Waals surface area (Å²) in [5.74, 6) is -2.08. The fraction of sp³-hybridized carbons (Fsp3) is 0.600. The van der Waals surface area contributed by atoms with Crippen LogP contribution in [0.5, 0.6) is 0 Å². The van der Waals surface area contributed by atoms with E-state index in [0.717, 1.165) is 0 Å². The van der Waals surface area contributed by atoms with Crippen molar-refractivity contribution >= 4 is 40.5 Å². The molecule has 0 aromatic carbocycles. The number of rotatable bonds is 3. The second-order valence-electron chi connectivity index (χ2n) is 2.40. The first-order valence-corrected chi connectivity index (χ1v) is 6.70. The summed E-state index contributed by atoms with van der Waals surface area (Å²) in [6.07, 6.45) is -3.73. The average molecular weight is 247 g/mol. The van der Waals surface area contributed by atoms with Crippen molar-refractivity contribution in [1.82, 2.24) is 0 Å². The van der Waals surface area contributed by atoms with Gasteiger partial charge in [0.2, 0.25) is 0 Å². The van der Waals surface area contributed by atoms with Gasteiger partial charge in [-0.05, 0) is 22.5 Å². The second-order valence-corrected chi connectivity index (χ2v) is 6.68. The number of ether oxygens (including phenoxy) is 1. The molecular formula is C5H5Cl2O5P. The van der Waals surface area contributed by atoms with Crippen LogP contribution in [0.25, 0.3) is 0 Å². The predicted octanol–water partition coefficient (Wildman–Crippen LogP) is 1.68. The monoisotopic (exact) mass is 246 g/mol. The lowest BCUT2D eigenvalue weighted by Gasteiger charge is -2.05. The molecule has 0 N–H and O–H groups in total. The lowest BCUT2D eigenvalue weighted by molar-refractivity contribution is -0.153. The molecule has 0 aliphatic carbocycles. The summed E-state index contributed by atoms with van der Waals surface area (Å²) < 4.78 is 19.3. The molecule has 1 heterocycles. The zero-order valence-electron chi connectivity index (χ0n) is 6.24. The second kappa shape index (κ2) is 3.96. The van der Waals surface area contributed by atoms with Gasteiger partial charge < -0.3 is 9.26 Å². The third-order valence-electron chi connectivity index (χ3n) is 1.39. The summed E-state index contributed by atoms with van der Waals surface area (Å²) in [6.45, 7) is -0.269. The molecule has 0 bridgehead atoms. The molecule has 1 unspecified atom stereocenters. The van der Waals surface area contributed by atoms with Gasteiger partial charge in [-0.25, -0.2) is 0 Å². The summed E-state index contributed by atoms with van der Waals surface area (Å²) in [5.41, 5.74) is 0. The number of cyclic esters (lactones) is 2. The maximum Gasteiger partial charge on any atom is 0.380 e. The molecule has 5 nitrogen and oxygen atoms in total. The topological polar surface area (TPSA) is 69.7 Å². The Kier molecular flexibility index (Phi) is 3.35. The first kappa shape index (κ1) is 11.0. The van der Waals surface area contributed by atoms with E-state index >= 15 is 0 Å². The molecule has 1 atom stereocenters. The lowest BCUT2D eigenvalue weighted by atomic mass is 10.1. The maximum absolute atomic E-state index is 10.8. The van der Waals surface area contributed by atoms with E-state index in [1.54, 1.807) is 0 Å². The Labute approximate surface area is 83.3 Å². The summed E-state index contributed by atoms with van der Waals surface area (Å²) in [6, 6.07) is 0. The van der Waals surface area contributed by atoms with E-state index in [2.05, 4.69) is 9.26 Å². The number of carbonyl (C=O) groups is 2. The molecule has 0 radical (unpaired) electrons. The van der Waals surface area contributed by atoms with Gasteiger partial charge in [-0.15, -0.1) is 0 Å². The van der Waals surface area contributed by atoms with Crippen LogP contribution >= 0.6 is 28.6 Å². The van der Waals surface area contributed by atoms with Crippen molar-refractivity contribution in [2.24, 2.45) is 5.92 Å². The minimum atomic E-state index is -3.64. The Bertz CT molecular complexity index is 285. The van der Waals surface area contributed by atoms with E-state index in [-0.39, 0.29) is 13.0 Å². The molecular weight excluding hydrogens is 242 g/mol. The fourth-order valence-corrected chi connectivity index (χ4v) is 1.52. The summed E-state index contributed by atoms with van der Waals surface area (Å²) in [7, 11) is 0. The van der Waals surface area contributed by atoms with E-state index < -0.39 is 23.9 Å². The number of hydrogen-bond acceptors (Lipinski definition) is 5. The quantitative estimate of drug-likeness (QED) is 0.431. The maximum atomic E-state index is 10.8. The summed E-state index contributed by atoms with van der Waals surface area (Å²) in [4.78, 5) is 21.4. The number of hydrogen-bond donors (Lipinski definition) is 0. The minimum absolute atomic E-state index is 0.0907. The molecule has 1 aliphatic heterocycles. The number of esters is 2. The molecule has 1 rings (SSSR count). The fourth-order valence-electron chi connectivity index (χ4n) is 0.825. The van der Waals surface area contributed by atoms with E-state index in [0.29, 0.717) is 0 Å². The van der Waals surface area contributed by atoms with Crippen LogP contribution in [0.4, 0.5) is 0 Å². The van der Waals surface area contributed by atoms with Crippen LogP contribution in [0.1, 0.15) is 6.42 Å². The molecule has 8 heteroatoms. The van der Waals surface area contributed by atoms with Crippen LogP contribution in [-0.2, 0) is 23.4 Å². The van der Waals surface area contributed by atoms with Crippen LogP contribution in [0.15, 0.2) is 0 Å². The van der Waals surface area contributed by atoms with Crippen molar-refractivity contribution in [1.29, 1.82) is 0 Å². The van der Waals surface area contributed by atoms with Gasteiger partial charge in [-0.1, -0.05) is 0 Å². The minimum Gasteiger partial charge on any atom is -0.393 e. The van der Waals surface area contributed by atoms with Crippen LogP contribution in [0.3, 0.4) is 0 Å². The van der Waals surface area contributed by atoms with Gasteiger partial charge in [-0.3, -0.25) is 14.2 Å². The smallest absolute Gasteiger partial charge is 0.380 e. The summed E-state index contributed by atoms with van der Waals surface area (Å²) in [5, 5.41) is 0. The van der Waals surface area contributed by atoms with Gasteiger partial charge in [0.15, 0.2) is 0 Å².